The van der Waals surface area contributed by atoms with Gasteiger partial charge in [0.05, 0.1) is 12.2 Å². The van der Waals surface area contributed by atoms with Crippen LogP contribution in [-0.2, 0) is 22.6 Å². The summed E-state index contributed by atoms with van der Waals surface area (Å²) < 4.78 is 0. The molecule has 3 rings (SSSR count). The topological polar surface area (TPSA) is 62.3 Å². The Balaban J connectivity index is 1.67. The molecule has 2 heterocycles. The molecule has 0 spiro atoms. The van der Waals surface area contributed by atoms with Gasteiger partial charge in [-0.25, -0.2) is 4.98 Å². The molecule has 1 N–H and O–H groups in total. The minimum Gasteiger partial charge on any atom is -0.337 e. The van der Waals surface area contributed by atoms with E-state index >= 15 is 0 Å². The Kier molecular flexibility index (Phi) is 4.24. The normalized spacial score (nSPS) is 19.2. The lowest BCUT2D eigenvalue weighted by atomic mass is 9.88. The highest BCUT2D eigenvalue weighted by atomic mass is 32.1. The van der Waals surface area contributed by atoms with E-state index in [9.17, 15) is 9.59 Å². The summed E-state index contributed by atoms with van der Waals surface area (Å²) in [6.45, 7) is 2.90. The predicted molar refractivity (Wildman–Crippen MR) is 82.1 cm³/mol. The lowest BCUT2D eigenvalue weighted by molar-refractivity contribution is -0.137. The van der Waals surface area contributed by atoms with Crippen LogP contribution >= 0.6 is 11.3 Å². The van der Waals surface area contributed by atoms with Crippen molar-refractivity contribution in [2.45, 2.75) is 52.0 Å². The van der Waals surface area contributed by atoms with Gasteiger partial charge in [-0.3, -0.25) is 9.59 Å². The highest BCUT2D eigenvalue weighted by Crippen LogP contribution is 2.31. The van der Waals surface area contributed by atoms with E-state index in [0.29, 0.717) is 17.6 Å². The van der Waals surface area contributed by atoms with E-state index in [1.165, 1.54) is 37.5 Å². The van der Waals surface area contributed by atoms with E-state index in [4.69, 9.17) is 0 Å². The number of thiazole rings is 1. The average molecular weight is 307 g/mol. The Labute approximate surface area is 128 Å². The first-order valence-electron chi connectivity index (χ1n) is 7.68. The van der Waals surface area contributed by atoms with Crippen molar-refractivity contribution in [1.29, 1.82) is 0 Å². The second kappa shape index (κ2) is 6.13. The third kappa shape index (κ3) is 3.26. The van der Waals surface area contributed by atoms with Crippen LogP contribution in [0.15, 0.2) is 0 Å². The molecular formula is C15H21N3O2S. The smallest absolute Gasteiger partial charge is 0.226 e. The van der Waals surface area contributed by atoms with Crippen LogP contribution in [0.25, 0.3) is 0 Å². The number of anilines is 1. The largest absolute Gasteiger partial charge is 0.337 e. The monoisotopic (exact) mass is 307 g/mol. The van der Waals surface area contributed by atoms with Crippen LogP contribution in [-0.4, -0.2) is 28.2 Å². The fourth-order valence-electron chi connectivity index (χ4n) is 3.20. The van der Waals surface area contributed by atoms with Gasteiger partial charge in [0.1, 0.15) is 0 Å². The van der Waals surface area contributed by atoms with Gasteiger partial charge >= 0.3 is 0 Å². The van der Waals surface area contributed by atoms with Crippen molar-refractivity contribution < 1.29 is 9.59 Å². The molecular weight excluding hydrogens is 286 g/mol. The van der Waals surface area contributed by atoms with Gasteiger partial charge < -0.3 is 10.2 Å². The number of amides is 2. The Bertz CT molecular complexity index is 549. The standard InChI is InChI=1S/C15H21N3O2S/c1-10(19)16-15-17-12-7-8-18(9-13(12)21-15)14(20)11-5-3-2-4-6-11/h11H,2-9H2,1H3,(H,16,17,19). The van der Waals surface area contributed by atoms with Crippen molar-refractivity contribution in [3.63, 3.8) is 0 Å². The van der Waals surface area contributed by atoms with E-state index in [-0.39, 0.29) is 11.8 Å². The van der Waals surface area contributed by atoms with Gasteiger partial charge in [-0.05, 0) is 12.8 Å². The second-order valence-corrected chi connectivity index (χ2v) is 7.00. The van der Waals surface area contributed by atoms with E-state index in [2.05, 4.69) is 10.3 Å². The van der Waals surface area contributed by atoms with Crippen molar-refractivity contribution in [2.24, 2.45) is 5.92 Å². The molecule has 1 aliphatic heterocycles. The summed E-state index contributed by atoms with van der Waals surface area (Å²) in [4.78, 5) is 31.2. The van der Waals surface area contributed by atoms with Crippen molar-refractivity contribution in [1.82, 2.24) is 9.88 Å². The first kappa shape index (κ1) is 14.5. The number of aromatic nitrogens is 1. The van der Waals surface area contributed by atoms with E-state index in [1.807, 2.05) is 4.90 Å². The van der Waals surface area contributed by atoms with Crippen LogP contribution in [0.4, 0.5) is 5.13 Å². The second-order valence-electron chi connectivity index (χ2n) is 5.91. The molecule has 6 heteroatoms. The molecule has 0 aromatic carbocycles. The molecule has 1 aliphatic carbocycles. The molecule has 5 nitrogen and oxygen atoms in total. The quantitative estimate of drug-likeness (QED) is 0.913. The maximum Gasteiger partial charge on any atom is 0.226 e. The predicted octanol–water partition coefficient (Wildman–Crippen LogP) is 2.57. The van der Waals surface area contributed by atoms with Crippen LogP contribution in [0, 0.1) is 5.92 Å². The Morgan fingerprint density at radius 2 is 2.05 bits per heavy atom. The lowest BCUT2D eigenvalue weighted by Gasteiger charge is -2.31. The van der Waals surface area contributed by atoms with Crippen molar-refractivity contribution in [2.75, 3.05) is 11.9 Å². The van der Waals surface area contributed by atoms with Crippen LogP contribution in [0.2, 0.25) is 0 Å². The van der Waals surface area contributed by atoms with Gasteiger partial charge in [0.25, 0.3) is 0 Å². The SMILES string of the molecule is CC(=O)Nc1nc2c(s1)CN(C(=O)C1CCCCC1)CC2. The molecule has 114 valence electrons. The number of nitrogens with one attached hydrogen (secondary N) is 1. The Morgan fingerprint density at radius 3 is 2.76 bits per heavy atom. The molecule has 1 aromatic heterocycles. The molecule has 0 bridgehead atoms. The third-order valence-corrected chi connectivity index (χ3v) is 5.28. The van der Waals surface area contributed by atoms with Gasteiger partial charge in [0.2, 0.25) is 11.8 Å². The van der Waals surface area contributed by atoms with Crippen molar-refractivity contribution in [3.8, 4) is 0 Å². The number of carbonyl (C=O) groups is 2. The van der Waals surface area contributed by atoms with Gasteiger partial charge in [-0.2, -0.15) is 0 Å². The van der Waals surface area contributed by atoms with Gasteiger partial charge in [0, 0.05) is 30.7 Å². The number of hydrogen-bond donors (Lipinski definition) is 1. The van der Waals surface area contributed by atoms with E-state index < -0.39 is 0 Å². The zero-order valence-corrected chi connectivity index (χ0v) is 13.2. The number of fused-ring (bicyclic) bond motifs is 1. The average Bonchev–Trinajstić information content (AvgIpc) is 2.87. The number of hydrogen-bond acceptors (Lipinski definition) is 4. The van der Waals surface area contributed by atoms with Gasteiger partial charge in [-0.1, -0.05) is 30.6 Å². The molecule has 2 aliphatic rings. The Morgan fingerprint density at radius 1 is 1.29 bits per heavy atom. The first-order valence-corrected chi connectivity index (χ1v) is 8.50. The van der Waals surface area contributed by atoms with Crippen LogP contribution in [0.1, 0.15) is 49.6 Å². The third-order valence-electron chi connectivity index (χ3n) is 4.28. The minimum atomic E-state index is -0.101. The molecule has 0 saturated heterocycles. The summed E-state index contributed by atoms with van der Waals surface area (Å²) in [5.74, 6) is 0.439. The maximum atomic E-state index is 12.6. The Hall–Kier alpha value is -1.43. The number of rotatable bonds is 2. The molecule has 1 fully saturated rings. The molecule has 21 heavy (non-hydrogen) atoms. The van der Waals surface area contributed by atoms with Crippen molar-refractivity contribution in [3.05, 3.63) is 10.6 Å². The zero-order chi connectivity index (χ0) is 14.8. The number of nitrogens with zero attached hydrogens (tertiary/aromatic N) is 2. The molecule has 1 saturated carbocycles. The van der Waals surface area contributed by atoms with Crippen LogP contribution in [0.3, 0.4) is 0 Å². The summed E-state index contributed by atoms with van der Waals surface area (Å²) in [6, 6.07) is 0. The maximum absolute atomic E-state index is 12.6. The molecule has 0 radical (unpaired) electrons. The first-order chi connectivity index (χ1) is 10.1. The molecule has 2 amide bonds. The zero-order valence-electron chi connectivity index (χ0n) is 12.4. The fraction of sp³-hybridized carbons (Fsp3) is 0.667. The van der Waals surface area contributed by atoms with E-state index in [0.717, 1.165) is 36.4 Å². The highest BCUT2D eigenvalue weighted by molar-refractivity contribution is 7.15. The molecule has 0 unspecified atom stereocenters. The molecule has 1 aromatic rings. The summed E-state index contributed by atoms with van der Waals surface area (Å²) in [5, 5.41) is 3.39. The highest BCUT2D eigenvalue weighted by Gasteiger charge is 2.29. The van der Waals surface area contributed by atoms with Crippen molar-refractivity contribution >= 4 is 28.3 Å². The summed E-state index contributed by atoms with van der Waals surface area (Å²) in [6.07, 6.45) is 6.52. The summed E-state index contributed by atoms with van der Waals surface area (Å²) >= 11 is 1.49. The number of carbonyl (C=O) groups excluding carboxylic acids is 2. The van der Waals surface area contributed by atoms with Gasteiger partial charge in [0.15, 0.2) is 5.13 Å². The summed E-state index contributed by atoms with van der Waals surface area (Å²) in [7, 11) is 0. The van der Waals surface area contributed by atoms with Gasteiger partial charge in [-0.15, -0.1) is 0 Å². The minimum absolute atomic E-state index is 0.101. The van der Waals surface area contributed by atoms with Crippen LogP contribution in [0.5, 0.6) is 0 Å². The summed E-state index contributed by atoms with van der Waals surface area (Å²) in [5.41, 5.74) is 1.04. The lowest BCUT2D eigenvalue weighted by Crippen LogP contribution is -2.40. The van der Waals surface area contributed by atoms with Crippen LogP contribution < -0.4 is 5.32 Å². The molecule has 0 atom stereocenters. The van der Waals surface area contributed by atoms with E-state index in [1.54, 1.807) is 0 Å². The fourth-order valence-corrected chi connectivity index (χ4v) is 4.27.